The van der Waals surface area contributed by atoms with E-state index in [0.717, 1.165) is 10.6 Å². The molecule has 130 valence electrons. The van der Waals surface area contributed by atoms with E-state index in [4.69, 9.17) is 0 Å². The molecule has 0 aliphatic carbocycles. The zero-order chi connectivity index (χ0) is 18.0. The monoisotopic (exact) mass is 331 g/mol. The van der Waals surface area contributed by atoms with E-state index in [-0.39, 0.29) is 17.7 Å². The topological polar surface area (TPSA) is 78.5 Å². The summed E-state index contributed by atoms with van der Waals surface area (Å²) in [7, 11) is 0. The van der Waals surface area contributed by atoms with Crippen LogP contribution in [0.4, 0.5) is 4.79 Å². The molecule has 0 radical (unpaired) electrons. The van der Waals surface area contributed by atoms with Gasteiger partial charge in [0.1, 0.15) is 5.54 Å². The largest absolute Gasteiger partial charge is 0.344 e. The minimum Gasteiger partial charge on any atom is -0.322 e. The Morgan fingerprint density at radius 2 is 1.83 bits per heavy atom. The van der Waals surface area contributed by atoms with Gasteiger partial charge in [0, 0.05) is 6.42 Å². The average molecular weight is 331 g/mol. The van der Waals surface area contributed by atoms with Gasteiger partial charge in [-0.2, -0.15) is 5.01 Å². The van der Waals surface area contributed by atoms with Crippen molar-refractivity contribution in [2.45, 2.75) is 52.5 Å². The third-order valence-corrected chi connectivity index (χ3v) is 3.94. The highest BCUT2D eigenvalue weighted by atomic mass is 16.2. The molecular weight excluding hydrogens is 306 g/mol. The summed E-state index contributed by atoms with van der Waals surface area (Å²) in [6.07, 6.45) is 1.35. The molecule has 0 aromatic heterocycles. The third-order valence-electron chi connectivity index (χ3n) is 3.94. The van der Waals surface area contributed by atoms with Crippen molar-refractivity contribution in [3.8, 4) is 0 Å². The van der Waals surface area contributed by atoms with E-state index in [0.29, 0.717) is 12.8 Å². The summed E-state index contributed by atoms with van der Waals surface area (Å²) in [6, 6.07) is 9.18. The molecule has 6 nitrogen and oxygen atoms in total. The summed E-state index contributed by atoms with van der Waals surface area (Å²) in [5.41, 5.74) is 2.28. The number of rotatable bonds is 5. The first kappa shape index (κ1) is 18.0. The van der Waals surface area contributed by atoms with Gasteiger partial charge in [0.2, 0.25) is 5.91 Å². The Balaban J connectivity index is 2.00. The van der Waals surface area contributed by atoms with Crippen molar-refractivity contribution in [2.75, 3.05) is 0 Å². The van der Waals surface area contributed by atoms with Crippen molar-refractivity contribution in [3.05, 3.63) is 35.9 Å². The minimum absolute atomic E-state index is 0.222. The standard InChI is InChI=1S/C18H25N3O3/c1-17(2,3)12-14(22)20-21-15(23)18(4,19-16(21)24)11-10-13-8-6-5-7-9-13/h5-9H,10-12H2,1-4H3,(H,19,24)(H,20,22). The first-order valence-corrected chi connectivity index (χ1v) is 8.11. The predicted octanol–water partition coefficient (Wildman–Crippen LogP) is 2.40. The van der Waals surface area contributed by atoms with Gasteiger partial charge in [0.05, 0.1) is 0 Å². The van der Waals surface area contributed by atoms with E-state index < -0.39 is 17.5 Å². The Labute approximate surface area is 142 Å². The Kier molecular flexibility index (Phi) is 4.96. The lowest BCUT2D eigenvalue weighted by Crippen LogP contribution is -2.49. The molecule has 1 saturated heterocycles. The zero-order valence-corrected chi connectivity index (χ0v) is 14.7. The summed E-state index contributed by atoms with van der Waals surface area (Å²) < 4.78 is 0. The summed E-state index contributed by atoms with van der Waals surface area (Å²) in [5, 5.41) is 3.50. The molecule has 1 atom stereocenters. The van der Waals surface area contributed by atoms with Gasteiger partial charge in [-0.25, -0.2) is 4.79 Å². The van der Waals surface area contributed by atoms with Crippen molar-refractivity contribution in [1.29, 1.82) is 0 Å². The number of hydrogen-bond acceptors (Lipinski definition) is 3. The van der Waals surface area contributed by atoms with Crippen molar-refractivity contribution in [2.24, 2.45) is 5.41 Å². The van der Waals surface area contributed by atoms with Crippen LogP contribution in [0.1, 0.15) is 46.1 Å². The Morgan fingerprint density at radius 3 is 2.42 bits per heavy atom. The average Bonchev–Trinajstić information content (AvgIpc) is 2.68. The highest BCUT2D eigenvalue weighted by Gasteiger charge is 2.48. The molecule has 2 rings (SSSR count). The third kappa shape index (κ3) is 4.34. The fourth-order valence-corrected chi connectivity index (χ4v) is 2.64. The van der Waals surface area contributed by atoms with Crippen molar-refractivity contribution < 1.29 is 14.4 Å². The van der Waals surface area contributed by atoms with E-state index in [9.17, 15) is 14.4 Å². The van der Waals surface area contributed by atoms with Crippen LogP contribution in [0, 0.1) is 5.41 Å². The quantitative estimate of drug-likeness (QED) is 0.813. The smallest absolute Gasteiger partial charge is 0.322 e. The summed E-state index contributed by atoms with van der Waals surface area (Å²) in [5.74, 6) is -0.774. The Morgan fingerprint density at radius 1 is 1.21 bits per heavy atom. The maximum absolute atomic E-state index is 12.6. The molecule has 1 aromatic carbocycles. The molecule has 24 heavy (non-hydrogen) atoms. The molecule has 2 N–H and O–H groups in total. The molecule has 0 saturated carbocycles. The van der Waals surface area contributed by atoms with Crippen LogP contribution in [-0.2, 0) is 16.0 Å². The Hall–Kier alpha value is -2.37. The summed E-state index contributed by atoms with van der Waals surface area (Å²) in [4.78, 5) is 36.7. The highest BCUT2D eigenvalue weighted by Crippen LogP contribution is 2.23. The van der Waals surface area contributed by atoms with Gasteiger partial charge in [-0.1, -0.05) is 51.1 Å². The van der Waals surface area contributed by atoms with Crippen LogP contribution in [0.3, 0.4) is 0 Å². The number of hydrogen-bond donors (Lipinski definition) is 2. The van der Waals surface area contributed by atoms with E-state index >= 15 is 0 Å². The van der Waals surface area contributed by atoms with E-state index in [1.54, 1.807) is 6.92 Å². The number of hydrazine groups is 1. The number of imide groups is 1. The molecule has 1 aromatic rings. The molecule has 1 aliphatic heterocycles. The Bertz CT molecular complexity index is 637. The number of nitrogens with zero attached hydrogens (tertiary/aromatic N) is 1. The van der Waals surface area contributed by atoms with Crippen LogP contribution in [-0.4, -0.2) is 28.4 Å². The minimum atomic E-state index is -1.01. The molecule has 4 amide bonds. The van der Waals surface area contributed by atoms with Gasteiger partial charge in [-0.05, 0) is 30.7 Å². The molecule has 6 heteroatoms. The lowest BCUT2D eigenvalue weighted by atomic mass is 9.92. The molecule has 1 aliphatic rings. The number of nitrogens with one attached hydrogen (secondary N) is 2. The number of carbonyl (C=O) groups is 3. The van der Waals surface area contributed by atoms with Crippen LogP contribution >= 0.6 is 0 Å². The van der Waals surface area contributed by atoms with Crippen LogP contribution < -0.4 is 10.7 Å². The molecule has 0 bridgehead atoms. The van der Waals surface area contributed by atoms with Crippen molar-refractivity contribution >= 4 is 17.8 Å². The highest BCUT2D eigenvalue weighted by molar-refractivity contribution is 6.07. The van der Waals surface area contributed by atoms with Gasteiger partial charge in [-0.3, -0.25) is 15.0 Å². The lowest BCUT2D eigenvalue weighted by molar-refractivity contribution is -0.139. The van der Waals surface area contributed by atoms with Gasteiger partial charge in [0.25, 0.3) is 5.91 Å². The first-order chi connectivity index (χ1) is 11.1. The number of aryl methyl sites for hydroxylation is 1. The fraction of sp³-hybridized carbons (Fsp3) is 0.500. The normalized spacial score (nSPS) is 20.9. The second-order valence-electron chi connectivity index (χ2n) is 7.66. The second-order valence-corrected chi connectivity index (χ2v) is 7.66. The zero-order valence-electron chi connectivity index (χ0n) is 14.7. The van der Waals surface area contributed by atoms with Crippen LogP contribution in [0.2, 0.25) is 0 Å². The number of amides is 4. The number of carbonyl (C=O) groups excluding carboxylic acids is 3. The molecule has 1 heterocycles. The lowest BCUT2D eigenvalue weighted by Gasteiger charge is -2.23. The van der Waals surface area contributed by atoms with Crippen molar-refractivity contribution in [1.82, 2.24) is 15.8 Å². The number of benzene rings is 1. The van der Waals surface area contributed by atoms with Gasteiger partial charge >= 0.3 is 6.03 Å². The van der Waals surface area contributed by atoms with Crippen LogP contribution in [0.25, 0.3) is 0 Å². The molecule has 0 spiro atoms. The maximum atomic E-state index is 12.6. The van der Waals surface area contributed by atoms with E-state index in [2.05, 4.69) is 10.7 Å². The van der Waals surface area contributed by atoms with Gasteiger partial charge < -0.3 is 5.32 Å². The second kappa shape index (κ2) is 6.63. The SMILES string of the molecule is CC(C)(C)CC(=O)NN1C(=O)NC(C)(CCc2ccccc2)C1=O. The van der Waals surface area contributed by atoms with Gasteiger partial charge in [-0.15, -0.1) is 0 Å². The number of urea groups is 1. The van der Waals surface area contributed by atoms with Gasteiger partial charge in [0.15, 0.2) is 0 Å². The summed E-state index contributed by atoms with van der Waals surface area (Å²) in [6.45, 7) is 7.44. The summed E-state index contributed by atoms with van der Waals surface area (Å²) >= 11 is 0. The predicted molar refractivity (Wildman–Crippen MR) is 90.8 cm³/mol. The molecule has 1 unspecified atom stereocenters. The van der Waals surface area contributed by atoms with E-state index in [1.807, 2.05) is 51.1 Å². The maximum Gasteiger partial charge on any atom is 0.344 e. The first-order valence-electron chi connectivity index (χ1n) is 8.11. The fourth-order valence-electron chi connectivity index (χ4n) is 2.64. The van der Waals surface area contributed by atoms with E-state index in [1.165, 1.54) is 0 Å². The van der Waals surface area contributed by atoms with Crippen LogP contribution in [0.5, 0.6) is 0 Å². The molecule has 1 fully saturated rings. The van der Waals surface area contributed by atoms with Crippen LogP contribution in [0.15, 0.2) is 30.3 Å². The molecular formula is C18H25N3O3. The van der Waals surface area contributed by atoms with Crippen molar-refractivity contribution in [3.63, 3.8) is 0 Å².